The van der Waals surface area contributed by atoms with E-state index in [4.69, 9.17) is 0 Å². The van der Waals surface area contributed by atoms with Gasteiger partial charge in [-0.15, -0.1) is 0 Å². The highest BCUT2D eigenvalue weighted by molar-refractivity contribution is 5.83. The van der Waals surface area contributed by atoms with Gasteiger partial charge in [-0.1, -0.05) is 12.1 Å². The lowest BCUT2D eigenvalue weighted by Crippen LogP contribution is -2.32. The van der Waals surface area contributed by atoms with Crippen LogP contribution in [0.3, 0.4) is 0 Å². The lowest BCUT2D eigenvalue weighted by atomic mass is 10.2. The first kappa shape index (κ1) is 15.9. The van der Waals surface area contributed by atoms with E-state index in [0.717, 1.165) is 24.0 Å². The van der Waals surface area contributed by atoms with Crippen LogP contribution in [0.4, 0.5) is 0 Å². The predicted octanol–water partition coefficient (Wildman–Crippen LogP) is 2.88. The fourth-order valence-corrected chi connectivity index (χ4v) is 3.26. The Bertz CT molecular complexity index is 877. The Morgan fingerprint density at radius 2 is 2.16 bits per heavy atom. The average Bonchev–Trinajstić information content (AvgIpc) is 3.21. The van der Waals surface area contributed by atoms with Gasteiger partial charge in [-0.25, -0.2) is 4.98 Å². The molecular weight excluding hydrogens is 314 g/mol. The number of fused-ring (bicyclic) bond motifs is 1. The number of benzene rings is 1. The summed E-state index contributed by atoms with van der Waals surface area (Å²) >= 11 is 0. The second-order valence-electron chi connectivity index (χ2n) is 6.71. The number of carbonyl (C=O) groups is 1. The number of rotatable bonds is 7. The zero-order chi connectivity index (χ0) is 17.2. The van der Waals surface area contributed by atoms with Crippen LogP contribution in [0.2, 0.25) is 0 Å². The van der Waals surface area contributed by atoms with Crippen LogP contribution >= 0.6 is 0 Å². The molecule has 1 fully saturated rings. The maximum absolute atomic E-state index is 12.4. The molecule has 0 spiro atoms. The molecule has 1 amide bonds. The van der Waals surface area contributed by atoms with Crippen molar-refractivity contribution in [3.63, 3.8) is 0 Å². The minimum absolute atomic E-state index is 0.0195. The molecule has 1 aliphatic carbocycles. The summed E-state index contributed by atoms with van der Waals surface area (Å²) in [4.78, 5) is 16.8. The topological polar surface area (TPSA) is 64.7 Å². The van der Waals surface area contributed by atoms with E-state index in [2.05, 4.69) is 26.1 Å². The molecule has 6 heteroatoms. The Kier molecular flexibility index (Phi) is 4.26. The van der Waals surface area contributed by atoms with Crippen LogP contribution in [0.5, 0.6) is 0 Å². The normalized spacial score (nSPS) is 15.4. The maximum Gasteiger partial charge on any atom is 0.242 e. The highest BCUT2D eigenvalue weighted by atomic mass is 16.2. The zero-order valence-corrected chi connectivity index (χ0v) is 14.4. The number of aromatic nitrogens is 4. The van der Waals surface area contributed by atoms with Gasteiger partial charge in [-0.05, 0) is 44.4 Å². The lowest BCUT2D eigenvalue weighted by Gasteiger charge is -2.15. The molecule has 25 heavy (non-hydrogen) atoms. The van der Waals surface area contributed by atoms with E-state index >= 15 is 0 Å². The van der Waals surface area contributed by atoms with Crippen molar-refractivity contribution >= 4 is 16.9 Å². The first-order valence-electron chi connectivity index (χ1n) is 8.95. The largest absolute Gasteiger partial charge is 0.354 e. The molecule has 0 radical (unpaired) electrons. The summed E-state index contributed by atoms with van der Waals surface area (Å²) in [7, 11) is 0. The van der Waals surface area contributed by atoms with Gasteiger partial charge in [0.1, 0.15) is 6.04 Å². The monoisotopic (exact) mass is 337 g/mol. The number of aryl methyl sites for hydroxylation is 1. The van der Waals surface area contributed by atoms with Gasteiger partial charge in [0, 0.05) is 30.9 Å². The second kappa shape index (κ2) is 6.70. The smallest absolute Gasteiger partial charge is 0.242 e. The molecule has 0 aliphatic heterocycles. The molecule has 0 unspecified atom stereocenters. The average molecular weight is 337 g/mol. The molecule has 0 saturated heterocycles. The summed E-state index contributed by atoms with van der Waals surface area (Å²) in [5.74, 6) is 0.720. The molecule has 2 aromatic heterocycles. The molecular formula is C19H23N5O. The number of nitrogens with one attached hydrogen (secondary N) is 1. The maximum atomic E-state index is 12.4. The molecule has 1 saturated carbocycles. The number of imidazole rings is 1. The third-order valence-corrected chi connectivity index (χ3v) is 4.87. The number of nitrogens with zero attached hydrogens (tertiary/aromatic N) is 4. The first-order valence-corrected chi connectivity index (χ1v) is 8.95. The number of para-hydroxylation sites is 2. The summed E-state index contributed by atoms with van der Waals surface area (Å²) < 4.78 is 4.00. The van der Waals surface area contributed by atoms with Gasteiger partial charge < -0.3 is 9.88 Å². The Labute approximate surface area is 146 Å². The zero-order valence-electron chi connectivity index (χ0n) is 14.4. The number of carbonyl (C=O) groups excluding carboxylic acids is 1. The first-order chi connectivity index (χ1) is 12.2. The van der Waals surface area contributed by atoms with E-state index in [0.29, 0.717) is 12.5 Å². The van der Waals surface area contributed by atoms with E-state index in [1.807, 2.05) is 42.0 Å². The van der Waals surface area contributed by atoms with Crippen LogP contribution < -0.4 is 5.32 Å². The van der Waals surface area contributed by atoms with Crippen LogP contribution in [0, 0.1) is 0 Å². The quantitative estimate of drug-likeness (QED) is 0.674. The molecule has 0 bridgehead atoms. The predicted molar refractivity (Wildman–Crippen MR) is 96.3 cm³/mol. The van der Waals surface area contributed by atoms with Crippen LogP contribution in [0.15, 0.2) is 42.9 Å². The van der Waals surface area contributed by atoms with Crippen LogP contribution in [-0.2, 0) is 11.3 Å². The SMILES string of the molecule is C[C@H](C(=O)NCCCn1nccc1C1CC1)n1cnc2ccccc21. The highest BCUT2D eigenvalue weighted by Gasteiger charge is 2.26. The summed E-state index contributed by atoms with van der Waals surface area (Å²) in [6.07, 6.45) is 7.04. The van der Waals surface area contributed by atoms with E-state index in [1.54, 1.807) is 6.33 Å². The van der Waals surface area contributed by atoms with Gasteiger partial charge in [0.05, 0.1) is 17.4 Å². The summed E-state index contributed by atoms with van der Waals surface area (Å²) in [5, 5.41) is 7.43. The Balaban J connectivity index is 1.30. The number of hydrogen-bond donors (Lipinski definition) is 1. The Morgan fingerprint density at radius 3 is 3.00 bits per heavy atom. The highest BCUT2D eigenvalue weighted by Crippen LogP contribution is 2.39. The molecule has 1 aromatic carbocycles. The van der Waals surface area contributed by atoms with Crippen molar-refractivity contribution in [2.24, 2.45) is 0 Å². The van der Waals surface area contributed by atoms with Crippen molar-refractivity contribution in [1.82, 2.24) is 24.6 Å². The molecule has 2 heterocycles. The van der Waals surface area contributed by atoms with Crippen molar-refractivity contribution in [2.45, 2.75) is 44.7 Å². The molecule has 130 valence electrons. The van der Waals surface area contributed by atoms with Gasteiger partial charge in [-0.2, -0.15) is 5.10 Å². The van der Waals surface area contributed by atoms with Gasteiger partial charge >= 0.3 is 0 Å². The number of amides is 1. The van der Waals surface area contributed by atoms with Crippen molar-refractivity contribution in [1.29, 1.82) is 0 Å². The van der Waals surface area contributed by atoms with Crippen molar-refractivity contribution < 1.29 is 4.79 Å². The van der Waals surface area contributed by atoms with Crippen LogP contribution in [-0.4, -0.2) is 31.8 Å². The van der Waals surface area contributed by atoms with Crippen molar-refractivity contribution in [3.8, 4) is 0 Å². The molecule has 1 N–H and O–H groups in total. The molecule has 4 rings (SSSR count). The fourth-order valence-electron chi connectivity index (χ4n) is 3.26. The minimum Gasteiger partial charge on any atom is -0.354 e. The summed E-state index contributed by atoms with van der Waals surface area (Å²) in [5.41, 5.74) is 3.23. The third-order valence-electron chi connectivity index (χ3n) is 4.87. The Hall–Kier alpha value is -2.63. The van der Waals surface area contributed by atoms with Gasteiger partial charge in [-0.3, -0.25) is 9.48 Å². The van der Waals surface area contributed by atoms with Crippen LogP contribution in [0.25, 0.3) is 11.0 Å². The molecule has 1 aliphatic rings. The van der Waals surface area contributed by atoms with Gasteiger partial charge in [0.2, 0.25) is 5.91 Å². The summed E-state index contributed by atoms with van der Waals surface area (Å²) in [6.45, 7) is 3.41. The fraction of sp³-hybridized carbons (Fsp3) is 0.421. The second-order valence-corrected chi connectivity index (χ2v) is 6.71. The number of hydrogen-bond acceptors (Lipinski definition) is 3. The van der Waals surface area contributed by atoms with E-state index in [9.17, 15) is 4.79 Å². The van der Waals surface area contributed by atoms with E-state index in [-0.39, 0.29) is 11.9 Å². The third kappa shape index (κ3) is 3.29. The molecule has 1 atom stereocenters. The Morgan fingerprint density at radius 1 is 1.32 bits per heavy atom. The van der Waals surface area contributed by atoms with Gasteiger partial charge in [0.15, 0.2) is 0 Å². The van der Waals surface area contributed by atoms with Crippen LogP contribution in [0.1, 0.15) is 43.8 Å². The molecule has 3 aromatic rings. The lowest BCUT2D eigenvalue weighted by molar-refractivity contribution is -0.123. The summed E-state index contributed by atoms with van der Waals surface area (Å²) in [6, 6.07) is 9.70. The van der Waals surface area contributed by atoms with Gasteiger partial charge in [0.25, 0.3) is 0 Å². The minimum atomic E-state index is -0.279. The van der Waals surface area contributed by atoms with Crippen molar-refractivity contribution in [2.75, 3.05) is 6.54 Å². The standard InChI is InChI=1S/C19H23N5O/c1-14(23-13-21-16-5-2-3-6-18(16)23)19(25)20-10-4-12-24-17(9-11-22-24)15-7-8-15/h2-3,5-6,9,11,13-15H,4,7-8,10,12H2,1H3,(H,20,25)/t14-/m1/s1. The van der Waals surface area contributed by atoms with E-state index < -0.39 is 0 Å². The van der Waals surface area contributed by atoms with E-state index in [1.165, 1.54) is 18.5 Å². The van der Waals surface area contributed by atoms with Crippen molar-refractivity contribution in [3.05, 3.63) is 48.5 Å². The molecule has 6 nitrogen and oxygen atoms in total.